The number of hydrogen-bond acceptors (Lipinski definition) is 5. The van der Waals surface area contributed by atoms with Crippen molar-refractivity contribution in [3.05, 3.63) is 54.3 Å². The number of amides is 2. The Bertz CT molecular complexity index is 1030. The molecule has 2 amide bonds. The van der Waals surface area contributed by atoms with Crippen molar-refractivity contribution < 1.29 is 22.4 Å². The largest absolute Gasteiger partial charge is 0.444 e. The van der Waals surface area contributed by atoms with Crippen molar-refractivity contribution in [2.24, 2.45) is 5.92 Å². The molecule has 2 heterocycles. The number of hydrogen-bond donors (Lipinski definition) is 2. The number of benzene rings is 1. The van der Waals surface area contributed by atoms with Gasteiger partial charge in [-0.15, -0.1) is 0 Å². The average Bonchev–Trinajstić information content (AvgIpc) is 3.34. The predicted molar refractivity (Wildman–Crippen MR) is 102 cm³/mol. The molecule has 2 aliphatic rings. The van der Waals surface area contributed by atoms with Gasteiger partial charge in [-0.25, -0.2) is 8.42 Å². The quantitative estimate of drug-likeness (QED) is 0.723. The summed E-state index contributed by atoms with van der Waals surface area (Å²) in [4.78, 5) is 23.3. The molecule has 9 heteroatoms. The number of rotatable bonds is 6. The molecule has 4 rings (SSSR count). The first-order chi connectivity index (χ1) is 13.4. The van der Waals surface area contributed by atoms with E-state index >= 15 is 0 Å². The van der Waals surface area contributed by atoms with Crippen LogP contribution in [0.5, 0.6) is 0 Å². The number of fused-ring (bicyclic) bond motifs is 1. The van der Waals surface area contributed by atoms with Gasteiger partial charge in [0.25, 0.3) is 0 Å². The van der Waals surface area contributed by atoms with Crippen LogP contribution in [0.1, 0.15) is 24.2 Å². The molecule has 1 saturated carbocycles. The molecule has 0 radical (unpaired) electrons. The summed E-state index contributed by atoms with van der Waals surface area (Å²) in [5.41, 5.74) is 1.28. The summed E-state index contributed by atoms with van der Waals surface area (Å²) in [5.74, 6) is 0.416. The van der Waals surface area contributed by atoms with Crippen molar-refractivity contribution in [1.82, 2.24) is 4.31 Å². The Morgan fingerprint density at radius 1 is 1.14 bits per heavy atom. The third-order valence-corrected chi connectivity index (χ3v) is 6.51. The molecule has 1 aliphatic heterocycles. The molecule has 0 saturated heterocycles. The van der Waals surface area contributed by atoms with E-state index in [4.69, 9.17) is 4.42 Å². The van der Waals surface area contributed by atoms with E-state index in [1.54, 1.807) is 18.2 Å². The van der Waals surface area contributed by atoms with Crippen molar-refractivity contribution >= 4 is 33.4 Å². The molecule has 0 unspecified atom stereocenters. The zero-order valence-corrected chi connectivity index (χ0v) is 15.8. The summed E-state index contributed by atoms with van der Waals surface area (Å²) in [6, 6.07) is 7.75. The first-order valence-corrected chi connectivity index (χ1v) is 10.3. The topological polar surface area (TPSA) is 109 Å². The molecule has 2 aromatic rings. The maximum Gasteiger partial charge on any atom is 0.250 e. The molecule has 1 aromatic heterocycles. The first kappa shape index (κ1) is 18.5. The van der Waals surface area contributed by atoms with Gasteiger partial charge in [0.2, 0.25) is 21.8 Å². The fourth-order valence-electron chi connectivity index (χ4n) is 2.99. The average molecular weight is 401 g/mol. The minimum atomic E-state index is -3.71. The number of sulfonamides is 1. The second kappa shape index (κ2) is 6.92. The van der Waals surface area contributed by atoms with E-state index in [1.807, 2.05) is 0 Å². The van der Waals surface area contributed by atoms with Crippen molar-refractivity contribution in [3.8, 4) is 0 Å². The molecular formula is C19H19N3O5S. The Labute approximate surface area is 162 Å². The summed E-state index contributed by atoms with van der Waals surface area (Å²) in [6.45, 7) is 3.61. The smallest absolute Gasteiger partial charge is 0.250 e. The van der Waals surface area contributed by atoms with Crippen LogP contribution >= 0.6 is 0 Å². The van der Waals surface area contributed by atoms with Crippen LogP contribution in [0.3, 0.4) is 0 Å². The summed E-state index contributed by atoms with van der Waals surface area (Å²) in [7, 11) is -3.71. The number of carbonyl (C=O) groups excluding carboxylic acids is 2. The molecule has 1 aliphatic carbocycles. The van der Waals surface area contributed by atoms with Gasteiger partial charge in [-0.3, -0.25) is 14.9 Å². The minimum absolute atomic E-state index is 0.0286. The Morgan fingerprint density at radius 3 is 2.46 bits per heavy atom. The van der Waals surface area contributed by atoms with E-state index in [0.717, 1.165) is 18.9 Å². The van der Waals surface area contributed by atoms with Gasteiger partial charge < -0.3 is 9.73 Å². The van der Waals surface area contributed by atoms with Crippen LogP contribution in [0, 0.1) is 5.92 Å². The number of nitrogens with zero attached hydrogens (tertiary/aromatic N) is 1. The standard InChI is InChI=1S/C19H19N3O5S/c1-2-17(23)21-18-9-13-10-22(11-16(13)27-18)28(25,26)15-7-5-14(6-8-15)20-19(24)12-3-4-12/h2,5-9,12H,1,3-4,10-11H2,(H,20,24)(H,21,23). The van der Waals surface area contributed by atoms with E-state index < -0.39 is 15.9 Å². The Balaban J connectivity index is 1.44. The van der Waals surface area contributed by atoms with Gasteiger partial charge in [0.1, 0.15) is 5.76 Å². The highest BCUT2D eigenvalue weighted by Crippen LogP contribution is 2.33. The molecule has 8 nitrogen and oxygen atoms in total. The van der Waals surface area contributed by atoms with Gasteiger partial charge in [0.05, 0.1) is 11.4 Å². The van der Waals surface area contributed by atoms with Crippen LogP contribution in [0.4, 0.5) is 11.6 Å². The van der Waals surface area contributed by atoms with Gasteiger partial charge in [-0.05, 0) is 43.2 Å². The van der Waals surface area contributed by atoms with E-state index in [-0.39, 0.29) is 35.7 Å². The minimum Gasteiger partial charge on any atom is -0.444 e. The number of anilines is 2. The molecule has 1 aromatic carbocycles. The van der Waals surface area contributed by atoms with Crippen molar-refractivity contribution in [2.75, 3.05) is 10.6 Å². The highest BCUT2D eigenvalue weighted by atomic mass is 32.2. The van der Waals surface area contributed by atoms with Crippen molar-refractivity contribution in [2.45, 2.75) is 30.8 Å². The van der Waals surface area contributed by atoms with E-state index in [2.05, 4.69) is 17.2 Å². The number of carbonyl (C=O) groups is 2. The predicted octanol–water partition coefficient (Wildman–Crippen LogP) is 2.46. The van der Waals surface area contributed by atoms with Gasteiger partial charge in [0.15, 0.2) is 5.88 Å². The fourth-order valence-corrected chi connectivity index (χ4v) is 4.37. The molecular weight excluding hydrogens is 382 g/mol. The van der Waals surface area contributed by atoms with Crippen molar-refractivity contribution in [1.29, 1.82) is 0 Å². The molecule has 0 atom stereocenters. The Hall–Kier alpha value is -2.91. The van der Waals surface area contributed by atoms with Crippen LogP contribution in [-0.2, 0) is 32.7 Å². The van der Waals surface area contributed by atoms with E-state index in [1.165, 1.54) is 16.4 Å². The number of furan rings is 1. The summed E-state index contributed by atoms with van der Waals surface area (Å²) >= 11 is 0. The van der Waals surface area contributed by atoms with Crippen molar-refractivity contribution in [3.63, 3.8) is 0 Å². The lowest BCUT2D eigenvalue weighted by Crippen LogP contribution is -2.25. The monoisotopic (exact) mass is 401 g/mol. The molecule has 146 valence electrons. The van der Waals surface area contributed by atoms with Crippen LogP contribution in [0.15, 0.2) is 52.3 Å². The molecule has 0 bridgehead atoms. The lowest BCUT2D eigenvalue weighted by Gasteiger charge is -2.16. The van der Waals surface area contributed by atoms with Crippen LogP contribution in [-0.4, -0.2) is 24.5 Å². The van der Waals surface area contributed by atoms with Crippen LogP contribution in [0.2, 0.25) is 0 Å². The lowest BCUT2D eigenvalue weighted by molar-refractivity contribution is -0.117. The molecule has 1 fully saturated rings. The zero-order valence-electron chi connectivity index (χ0n) is 15.0. The molecule has 2 N–H and O–H groups in total. The highest BCUT2D eigenvalue weighted by Gasteiger charge is 2.34. The number of nitrogens with one attached hydrogen (secondary N) is 2. The van der Waals surface area contributed by atoms with Gasteiger partial charge in [-0.1, -0.05) is 6.58 Å². The third kappa shape index (κ3) is 3.58. The first-order valence-electron chi connectivity index (χ1n) is 8.83. The second-order valence-corrected chi connectivity index (χ2v) is 8.75. The summed E-state index contributed by atoms with van der Waals surface area (Å²) in [6.07, 6.45) is 2.93. The van der Waals surface area contributed by atoms with Crippen LogP contribution < -0.4 is 10.6 Å². The Morgan fingerprint density at radius 2 is 1.86 bits per heavy atom. The van der Waals surface area contributed by atoms with Gasteiger partial charge in [0, 0.05) is 29.8 Å². The highest BCUT2D eigenvalue weighted by molar-refractivity contribution is 7.89. The summed E-state index contributed by atoms with van der Waals surface area (Å²) < 4.78 is 32.6. The molecule has 28 heavy (non-hydrogen) atoms. The molecule has 0 spiro atoms. The normalized spacial score (nSPS) is 16.4. The van der Waals surface area contributed by atoms with E-state index in [9.17, 15) is 18.0 Å². The SMILES string of the molecule is C=CC(=O)Nc1cc2c(o1)CN(S(=O)(=O)c1ccc(NC(=O)C3CC3)cc1)C2. The van der Waals surface area contributed by atoms with Gasteiger partial charge in [-0.2, -0.15) is 4.31 Å². The fraction of sp³-hybridized carbons (Fsp3) is 0.263. The zero-order chi connectivity index (χ0) is 19.9. The second-order valence-electron chi connectivity index (χ2n) is 6.81. The summed E-state index contributed by atoms with van der Waals surface area (Å²) in [5, 5.41) is 5.30. The third-order valence-electron chi connectivity index (χ3n) is 4.70. The van der Waals surface area contributed by atoms with Gasteiger partial charge >= 0.3 is 0 Å². The maximum absolute atomic E-state index is 12.9. The van der Waals surface area contributed by atoms with E-state index in [0.29, 0.717) is 17.0 Å². The van der Waals surface area contributed by atoms with Crippen LogP contribution in [0.25, 0.3) is 0 Å². The maximum atomic E-state index is 12.9. The Kier molecular flexibility index (Phi) is 4.56. The lowest BCUT2D eigenvalue weighted by atomic mass is 10.3.